The number of carbonyl (C=O) groups is 1. The normalized spacial score (nSPS) is 12.9. The molecule has 1 rings (SSSR count). The summed E-state index contributed by atoms with van der Waals surface area (Å²) in [5, 5.41) is 17.0. The summed E-state index contributed by atoms with van der Waals surface area (Å²) in [4.78, 5) is 11.8. The van der Waals surface area contributed by atoms with Crippen molar-refractivity contribution in [3.05, 3.63) is 47.2 Å². The van der Waals surface area contributed by atoms with E-state index in [1.165, 1.54) is 30.5 Å². The van der Waals surface area contributed by atoms with Crippen LogP contribution in [0.3, 0.4) is 0 Å². The maximum atomic E-state index is 12.8. The van der Waals surface area contributed by atoms with E-state index in [4.69, 9.17) is 15.2 Å². The van der Waals surface area contributed by atoms with E-state index in [-0.39, 0.29) is 24.9 Å². The first-order valence-electron chi connectivity index (χ1n) is 6.85. The molecule has 0 aromatic heterocycles. The van der Waals surface area contributed by atoms with Crippen molar-refractivity contribution in [1.82, 2.24) is 0 Å². The molecule has 3 N–H and O–H groups in total. The topological polar surface area (TPSA) is 107 Å². The third-order valence-corrected chi connectivity index (χ3v) is 2.47. The predicted octanol–water partition coefficient (Wildman–Crippen LogP) is 1.89. The van der Waals surface area contributed by atoms with Crippen molar-refractivity contribution in [1.29, 1.82) is 0 Å². The molecule has 1 aromatic rings. The zero-order valence-electron chi connectivity index (χ0n) is 12.8. The van der Waals surface area contributed by atoms with Gasteiger partial charge in [-0.15, -0.1) is 5.10 Å². The summed E-state index contributed by atoms with van der Waals surface area (Å²) < 4.78 is 22.4. The van der Waals surface area contributed by atoms with Crippen molar-refractivity contribution < 1.29 is 23.8 Å². The smallest absolute Gasteiger partial charge is 0.349 e. The van der Waals surface area contributed by atoms with Crippen LogP contribution in [-0.2, 0) is 14.3 Å². The molecule has 7 nitrogen and oxygen atoms in total. The van der Waals surface area contributed by atoms with Gasteiger partial charge < -0.3 is 20.3 Å². The van der Waals surface area contributed by atoms with Gasteiger partial charge >= 0.3 is 5.97 Å². The number of aliphatic hydroxyl groups is 1. The number of hydrogen-bond donors (Lipinski definition) is 2. The molecule has 0 aliphatic rings. The quantitative estimate of drug-likeness (QED) is 0.199. The Labute approximate surface area is 132 Å². The van der Waals surface area contributed by atoms with Crippen molar-refractivity contribution in [3.63, 3.8) is 0 Å². The highest BCUT2D eigenvalue weighted by atomic mass is 19.1. The summed E-state index contributed by atoms with van der Waals surface area (Å²) in [5.74, 6) is -2.31. The molecule has 0 aliphatic heterocycles. The molecule has 0 fully saturated rings. The van der Waals surface area contributed by atoms with Crippen LogP contribution in [0.1, 0.15) is 19.4 Å². The molecular formula is C15H18FN3O4. The van der Waals surface area contributed by atoms with Gasteiger partial charge in [0.15, 0.2) is 11.4 Å². The Morgan fingerprint density at radius 3 is 2.43 bits per heavy atom. The summed E-state index contributed by atoms with van der Waals surface area (Å²) >= 11 is 0. The van der Waals surface area contributed by atoms with Crippen LogP contribution in [0.25, 0.3) is 0 Å². The Balaban J connectivity index is 2.99. The highest BCUT2D eigenvalue weighted by molar-refractivity contribution is 6.18. The maximum Gasteiger partial charge on any atom is 0.349 e. The lowest BCUT2D eigenvalue weighted by Crippen LogP contribution is -2.25. The molecule has 0 radical (unpaired) electrons. The SMILES string of the molecule is CCOC(=O)C(/C(N)=N\N=C\c1ccc(F)cc1)=C(\O)OCC. The van der Waals surface area contributed by atoms with Crippen LogP contribution in [0.4, 0.5) is 4.39 Å². The Morgan fingerprint density at radius 2 is 1.87 bits per heavy atom. The highest BCUT2D eigenvalue weighted by Crippen LogP contribution is 2.07. The van der Waals surface area contributed by atoms with Crippen LogP contribution in [0.5, 0.6) is 0 Å². The number of amidine groups is 1. The average molecular weight is 323 g/mol. The first-order valence-corrected chi connectivity index (χ1v) is 6.85. The van der Waals surface area contributed by atoms with Gasteiger partial charge in [0.25, 0.3) is 5.95 Å². The molecule has 0 spiro atoms. The molecule has 0 saturated heterocycles. The number of ether oxygens (including phenoxy) is 2. The Kier molecular flexibility index (Phi) is 7.25. The van der Waals surface area contributed by atoms with Crippen LogP contribution in [-0.4, -0.2) is 36.3 Å². The minimum Gasteiger partial charge on any atom is -0.480 e. The summed E-state index contributed by atoms with van der Waals surface area (Å²) in [6, 6.07) is 5.51. The van der Waals surface area contributed by atoms with E-state index in [2.05, 4.69) is 10.2 Å². The van der Waals surface area contributed by atoms with Crippen molar-refractivity contribution in [2.45, 2.75) is 13.8 Å². The number of benzene rings is 1. The number of aliphatic hydroxyl groups excluding tert-OH is 1. The summed E-state index contributed by atoms with van der Waals surface area (Å²) in [6.45, 7) is 3.45. The maximum absolute atomic E-state index is 12.8. The number of halogens is 1. The molecule has 0 amide bonds. The molecule has 0 heterocycles. The molecular weight excluding hydrogens is 305 g/mol. The lowest BCUT2D eigenvalue weighted by atomic mass is 10.2. The monoisotopic (exact) mass is 323 g/mol. The van der Waals surface area contributed by atoms with E-state index < -0.39 is 17.5 Å². The second-order valence-corrected chi connectivity index (χ2v) is 4.11. The van der Waals surface area contributed by atoms with Gasteiger partial charge in [-0.05, 0) is 31.5 Å². The zero-order chi connectivity index (χ0) is 17.2. The van der Waals surface area contributed by atoms with Gasteiger partial charge in [-0.1, -0.05) is 12.1 Å². The number of nitrogens with two attached hydrogens (primary N) is 1. The molecule has 0 atom stereocenters. The van der Waals surface area contributed by atoms with Gasteiger partial charge in [-0.25, -0.2) is 9.18 Å². The average Bonchev–Trinajstić information content (AvgIpc) is 2.50. The highest BCUT2D eigenvalue weighted by Gasteiger charge is 2.22. The molecule has 0 aliphatic carbocycles. The Hall–Kier alpha value is -2.90. The molecule has 0 bridgehead atoms. The van der Waals surface area contributed by atoms with E-state index in [0.29, 0.717) is 5.56 Å². The first kappa shape index (κ1) is 18.1. The number of nitrogens with zero attached hydrogens (tertiary/aromatic N) is 2. The standard InChI is InChI=1S/C15H18FN3O4/c1-3-22-14(20)12(15(21)23-4-2)13(17)19-18-9-10-5-7-11(16)8-6-10/h5-9,20H,3-4H2,1-2H3,(H2,17,19)/b14-12+,18-9+. The van der Waals surface area contributed by atoms with Crippen molar-refractivity contribution in [2.24, 2.45) is 15.9 Å². The van der Waals surface area contributed by atoms with Crippen molar-refractivity contribution in [3.8, 4) is 0 Å². The van der Waals surface area contributed by atoms with Gasteiger partial charge in [-0.3, -0.25) is 0 Å². The van der Waals surface area contributed by atoms with E-state index in [9.17, 15) is 14.3 Å². The third kappa shape index (κ3) is 5.77. The van der Waals surface area contributed by atoms with Crippen molar-refractivity contribution in [2.75, 3.05) is 13.2 Å². The van der Waals surface area contributed by atoms with Crippen LogP contribution in [0.15, 0.2) is 46.0 Å². The molecule has 124 valence electrons. The summed E-state index contributed by atoms with van der Waals surface area (Å²) in [5.41, 5.74) is 5.82. The molecule has 23 heavy (non-hydrogen) atoms. The minimum absolute atomic E-state index is 0.0911. The molecule has 1 aromatic carbocycles. The zero-order valence-corrected chi connectivity index (χ0v) is 12.8. The van der Waals surface area contributed by atoms with E-state index in [1.54, 1.807) is 13.8 Å². The first-order chi connectivity index (χ1) is 11.0. The number of rotatable bonds is 7. The minimum atomic E-state index is -0.878. The second kappa shape index (κ2) is 9.19. The molecule has 0 unspecified atom stereocenters. The lowest BCUT2D eigenvalue weighted by molar-refractivity contribution is -0.138. The van der Waals surface area contributed by atoms with E-state index in [0.717, 1.165) is 0 Å². The Bertz CT molecular complexity index is 624. The second-order valence-electron chi connectivity index (χ2n) is 4.11. The van der Waals surface area contributed by atoms with Crippen LogP contribution >= 0.6 is 0 Å². The van der Waals surface area contributed by atoms with Gasteiger partial charge in [0.1, 0.15) is 5.82 Å². The fraction of sp³-hybridized carbons (Fsp3) is 0.267. The lowest BCUT2D eigenvalue weighted by Gasteiger charge is -2.08. The van der Waals surface area contributed by atoms with Crippen LogP contribution < -0.4 is 5.73 Å². The number of esters is 1. The number of carbonyl (C=O) groups excluding carboxylic acids is 1. The van der Waals surface area contributed by atoms with Gasteiger partial charge in [0.2, 0.25) is 0 Å². The summed E-state index contributed by atoms with van der Waals surface area (Å²) in [7, 11) is 0. The van der Waals surface area contributed by atoms with E-state index in [1.807, 2.05) is 0 Å². The van der Waals surface area contributed by atoms with Gasteiger partial charge in [-0.2, -0.15) is 5.10 Å². The fourth-order valence-electron chi connectivity index (χ4n) is 1.47. The Morgan fingerprint density at radius 1 is 1.26 bits per heavy atom. The van der Waals surface area contributed by atoms with E-state index >= 15 is 0 Å². The molecule has 0 saturated carbocycles. The van der Waals surface area contributed by atoms with Gasteiger partial charge in [0, 0.05) is 0 Å². The van der Waals surface area contributed by atoms with Gasteiger partial charge in [0.05, 0.1) is 19.4 Å². The number of hydrogen-bond acceptors (Lipinski definition) is 6. The van der Waals surface area contributed by atoms with Crippen LogP contribution in [0.2, 0.25) is 0 Å². The van der Waals surface area contributed by atoms with Crippen molar-refractivity contribution >= 4 is 18.0 Å². The third-order valence-electron chi connectivity index (χ3n) is 2.47. The van der Waals surface area contributed by atoms with Crippen LogP contribution in [0, 0.1) is 5.82 Å². The summed E-state index contributed by atoms with van der Waals surface area (Å²) in [6.07, 6.45) is 1.31. The fourth-order valence-corrected chi connectivity index (χ4v) is 1.47. The largest absolute Gasteiger partial charge is 0.480 e. The molecule has 8 heteroatoms. The predicted molar refractivity (Wildman–Crippen MR) is 83.5 cm³/mol.